The van der Waals surface area contributed by atoms with Gasteiger partial charge in [0.1, 0.15) is 0 Å². The van der Waals surface area contributed by atoms with Gasteiger partial charge in [0.25, 0.3) is 5.91 Å². The molecule has 100 valence electrons. The zero-order valence-electron chi connectivity index (χ0n) is 10.0. The molecule has 5 nitrogen and oxygen atoms in total. The summed E-state index contributed by atoms with van der Waals surface area (Å²) < 4.78 is 0. The lowest BCUT2D eigenvalue weighted by molar-refractivity contribution is 0.0661. The monoisotopic (exact) mass is 289 g/mol. The number of halogens is 1. The number of nitrogens with one attached hydrogen (secondary N) is 1. The number of amides is 2. The summed E-state index contributed by atoms with van der Waals surface area (Å²) in [4.78, 5) is 25.6. The largest absolute Gasteiger partial charge is 0.366 e. The molecule has 0 bridgehead atoms. The van der Waals surface area contributed by atoms with Crippen LogP contribution in [0.25, 0.3) is 0 Å². The van der Waals surface area contributed by atoms with Crippen LogP contribution < -0.4 is 11.1 Å². The second-order valence-electron chi connectivity index (χ2n) is 4.12. The van der Waals surface area contributed by atoms with Crippen LogP contribution in [0, 0.1) is 0 Å². The van der Waals surface area contributed by atoms with Gasteiger partial charge in [-0.1, -0.05) is 0 Å². The number of hydrogen-bond donors (Lipinski definition) is 2. The molecule has 1 fully saturated rings. The maximum absolute atomic E-state index is 12.2. The van der Waals surface area contributed by atoms with Crippen molar-refractivity contribution in [3.05, 3.63) is 21.9 Å². The molecule has 2 rings (SSSR count). The van der Waals surface area contributed by atoms with E-state index in [-0.39, 0.29) is 24.4 Å². The molecular weight excluding hydrogens is 274 g/mol. The van der Waals surface area contributed by atoms with Crippen LogP contribution in [0.3, 0.4) is 0 Å². The van der Waals surface area contributed by atoms with Crippen LogP contribution in [0.2, 0.25) is 0 Å². The van der Waals surface area contributed by atoms with Gasteiger partial charge in [-0.3, -0.25) is 9.59 Å². The molecular formula is C11H16ClN3O2S. The maximum atomic E-state index is 12.2. The fourth-order valence-corrected chi connectivity index (χ4v) is 2.71. The average molecular weight is 290 g/mol. The van der Waals surface area contributed by atoms with Gasteiger partial charge in [0.05, 0.1) is 10.4 Å². The molecule has 1 saturated heterocycles. The Labute approximate surface area is 116 Å². The predicted molar refractivity (Wildman–Crippen MR) is 73.5 cm³/mol. The van der Waals surface area contributed by atoms with Gasteiger partial charge in [-0.2, -0.15) is 0 Å². The van der Waals surface area contributed by atoms with E-state index in [4.69, 9.17) is 5.73 Å². The van der Waals surface area contributed by atoms with Gasteiger partial charge in [-0.25, -0.2) is 0 Å². The summed E-state index contributed by atoms with van der Waals surface area (Å²) in [5, 5.41) is 4.86. The van der Waals surface area contributed by atoms with Crippen molar-refractivity contribution in [2.45, 2.75) is 13.0 Å². The number of nitrogens with zero attached hydrogens (tertiary/aromatic N) is 1. The van der Waals surface area contributed by atoms with Crippen molar-refractivity contribution in [1.82, 2.24) is 10.2 Å². The third-order valence-corrected chi connectivity index (χ3v) is 3.78. The number of carbonyl (C=O) groups excluding carboxylic acids is 2. The second-order valence-corrected chi connectivity index (χ2v) is 5.03. The van der Waals surface area contributed by atoms with E-state index in [1.54, 1.807) is 11.4 Å². The van der Waals surface area contributed by atoms with Gasteiger partial charge in [-0.15, -0.1) is 23.7 Å². The van der Waals surface area contributed by atoms with Crippen LogP contribution in [-0.2, 0) is 0 Å². The van der Waals surface area contributed by atoms with Crippen LogP contribution in [0.1, 0.15) is 27.0 Å². The molecule has 3 N–H and O–H groups in total. The van der Waals surface area contributed by atoms with E-state index >= 15 is 0 Å². The van der Waals surface area contributed by atoms with Crippen LogP contribution >= 0.6 is 23.7 Å². The molecule has 0 spiro atoms. The van der Waals surface area contributed by atoms with Crippen LogP contribution in [-0.4, -0.2) is 42.4 Å². The van der Waals surface area contributed by atoms with Gasteiger partial charge in [0, 0.05) is 31.1 Å². The zero-order chi connectivity index (χ0) is 12.4. The lowest BCUT2D eigenvalue weighted by Crippen LogP contribution is -2.52. The third-order valence-electron chi connectivity index (χ3n) is 2.86. The molecule has 1 aromatic rings. The number of hydrogen-bond acceptors (Lipinski definition) is 4. The number of piperazine rings is 1. The SMILES string of the molecule is C[C@H]1CNCCN1C(=O)c1cc(C(N)=O)cs1.Cl. The average Bonchev–Trinajstić information content (AvgIpc) is 2.78. The van der Waals surface area contributed by atoms with E-state index in [1.165, 1.54) is 11.3 Å². The summed E-state index contributed by atoms with van der Waals surface area (Å²) in [7, 11) is 0. The normalized spacial score (nSPS) is 19.2. The summed E-state index contributed by atoms with van der Waals surface area (Å²) in [6.45, 7) is 4.32. The van der Waals surface area contributed by atoms with Crippen LogP contribution in [0.5, 0.6) is 0 Å². The smallest absolute Gasteiger partial charge is 0.264 e. The van der Waals surface area contributed by atoms with E-state index in [2.05, 4.69) is 5.32 Å². The van der Waals surface area contributed by atoms with Crippen molar-refractivity contribution < 1.29 is 9.59 Å². The Kier molecular flexibility index (Phi) is 5.13. The Hall–Kier alpha value is -1.11. The minimum Gasteiger partial charge on any atom is -0.366 e. The molecule has 0 aromatic carbocycles. The molecule has 1 atom stereocenters. The minimum atomic E-state index is -0.492. The summed E-state index contributed by atoms with van der Waals surface area (Å²) >= 11 is 1.27. The highest BCUT2D eigenvalue weighted by molar-refractivity contribution is 7.12. The Morgan fingerprint density at radius 2 is 2.28 bits per heavy atom. The molecule has 2 amide bonds. The number of thiophene rings is 1. The number of carbonyl (C=O) groups is 2. The van der Waals surface area contributed by atoms with Crippen molar-refractivity contribution in [1.29, 1.82) is 0 Å². The first kappa shape index (κ1) is 14.9. The number of nitrogens with two attached hydrogens (primary N) is 1. The van der Waals surface area contributed by atoms with Crippen molar-refractivity contribution in [2.75, 3.05) is 19.6 Å². The van der Waals surface area contributed by atoms with Gasteiger partial charge >= 0.3 is 0 Å². The Balaban J connectivity index is 0.00000162. The highest BCUT2D eigenvalue weighted by Crippen LogP contribution is 2.18. The highest BCUT2D eigenvalue weighted by Gasteiger charge is 2.25. The highest BCUT2D eigenvalue weighted by atomic mass is 35.5. The lowest BCUT2D eigenvalue weighted by atomic mass is 10.2. The maximum Gasteiger partial charge on any atom is 0.264 e. The fourth-order valence-electron chi connectivity index (χ4n) is 1.86. The summed E-state index contributed by atoms with van der Waals surface area (Å²) in [5.41, 5.74) is 5.57. The zero-order valence-corrected chi connectivity index (χ0v) is 11.6. The van der Waals surface area contributed by atoms with Gasteiger partial charge in [0.2, 0.25) is 5.91 Å². The van der Waals surface area contributed by atoms with Crippen molar-refractivity contribution in [3.63, 3.8) is 0 Å². The summed E-state index contributed by atoms with van der Waals surface area (Å²) in [6, 6.07) is 1.75. The van der Waals surface area contributed by atoms with Crippen molar-refractivity contribution in [3.8, 4) is 0 Å². The number of primary amides is 1. The van der Waals surface area contributed by atoms with E-state index in [9.17, 15) is 9.59 Å². The predicted octanol–water partition coefficient (Wildman–Crippen LogP) is 0.703. The summed E-state index contributed by atoms with van der Waals surface area (Å²) in [5.74, 6) is -0.509. The molecule has 0 radical (unpaired) electrons. The Bertz CT molecular complexity index is 449. The minimum absolute atomic E-state index is 0. The topological polar surface area (TPSA) is 75.4 Å². The molecule has 0 saturated carbocycles. The second kappa shape index (κ2) is 6.17. The van der Waals surface area contributed by atoms with Gasteiger partial charge in [0.15, 0.2) is 0 Å². The first-order valence-corrected chi connectivity index (χ1v) is 6.37. The molecule has 1 aliphatic rings. The van der Waals surface area contributed by atoms with E-state index in [0.29, 0.717) is 17.0 Å². The molecule has 0 aliphatic carbocycles. The summed E-state index contributed by atoms with van der Waals surface area (Å²) in [6.07, 6.45) is 0. The third kappa shape index (κ3) is 3.01. The number of rotatable bonds is 2. The first-order valence-electron chi connectivity index (χ1n) is 5.49. The molecule has 18 heavy (non-hydrogen) atoms. The Morgan fingerprint density at radius 3 is 2.83 bits per heavy atom. The standard InChI is InChI=1S/C11H15N3O2S.ClH/c1-7-5-13-2-3-14(7)11(16)9-4-8(6-17-9)10(12)15;/h4,6-7,13H,2-3,5H2,1H3,(H2,12,15);1H/t7-;/m0./s1. The first-order chi connectivity index (χ1) is 8.09. The van der Waals surface area contributed by atoms with Crippen LogP contribution in [0.4, 0.5) is 0 Å². The molecule has 1 aliphatic heterocycles. The van der Waals surface area contributed by atoms with Gasteiger partial charge in [-0.05, 0) is 13.0 Å². The van der Waals surface area contributed by atoms with Gasteiger partial charge < -0.3 is 16.0 Å². The molecule has 7 heteroatoms. The van der Waals surface area contributed by atoms with Crippen molar-refractivity contribution >= 4 is 35.6 Å². The van der Waals surface area contributed by atoms with Crippen molar-refractivity contribution in [2.24, 2.45) is 5.73 Å². The molecule has 0 unspecified atom stereocenters. The van der Waals surface area contributed by atoms with E-state index in [1.807, 2.05) is 11.8 Å². The lowest BCUT2D eigenvalue weighted by Gasteiger charge is -2.33. The fraction of sp³-hybridized carbons (Fsp3) is 0.455. The van der Waals surface area contributed by atoms with E-state index in [0.717, 1.165) is 13.1 Å². The molecule has 2 heterocycles. The van der Waals surface area contributed by atoms with Crippen LogP contribution in [0.15, 0.2) is 11.4 Å². The Morgan fingerprint density at radius 1 is 1.56 bits per heavy atom. The quantitative estimate of drug-likeness (QED) is 0.842. The molecule has 1 aromatic heterocycles. The van der Waals surface area contributed by atoms with E-state index < -0.39 is 5.91 Å².